The molecule has 0 amide bonds. The summed E-state index contributed by atoms with van der Waals surface area (Å²) in [5.74, 6) is 0.834. The van der Waals surface area contributed by atoms with E-state index in [1.54, 1.807) is 12.4 Å². The van der Waals surface area contributed by atoms with Crippen LogP contribution in [0.3, 0.4) is 0 Å². The Morgan fingerprint density at radius 3 is 2.56 bits per heavy atom. The van der Waals surface area contributed by atoms with Crippen LogP contribution in [0.2, 0.25) is 0 Å². The Balaban J connectivity index is 2.22. The number of hydrogen-bond donors (Lipinski definition) is 1. The molecule has 1 aromatic heterocycles. The van der Waals surface area contributed by atoms with Crippen molar-refractivity contribution in [3.05, 3.63) is 57.9 Å². The number of pyridine rings is 1. The van der Waals surface area contributed by atoms with Gasteiger partial charge in [-0.2, -0.15) is 0 Å². The molecular weight excluding hydrogens is 339 g/mol. The lowest BCUT2D eigenvalue weighted by Crippen LogP contribution is -2.29. The van der Waals surface area contributed by atoms with Crippen molar-refractivity contribution in [2.45, 2.75) is 19.1 Å². The number of ether oxygens (including phenoxy) is 1. The first-order valence-electron chi connectivity index (χ1n) is 5.74. The molecule has 0 spiro atoms. The molecule has 0 saturated carbocycles. The minimum atomic E-state index is -0.161. The van der Waals surface area contributed by atoms with Crippen LogP contribution < -0.4 is 10.5 Å². The fourth-order valence-electron chi connectivity index (χ4n) is 1.72. The third-order valence-corrected chi connectivity index (χ3v) is 3.24. The van der Waals surface area contributed by atoms with E-state index in [1.807, 2.05) is 43.3 Å². The van der Waals surface area contributed by atoms with Crippen LogP contribution >= 0.6 is 22.6 Å². The topological polar surface area (TPSA) is 48.1 Å². The van der Waals surface area contributed by atoms with Crippen LogP contribution in [0.4, 0.5) is 0 Å². The molecule has 0 bridgehead atoms. The summed E-state index contributed by atoms with van der Waals surface area (Å²) in [5, 5.41) is 0. The van der Waals surface area contributed by atoms with E-state index in [0.717, 1.165) is 14.9 Å². The number of halogens is 1. The Hall–Kier alpha value is -1.14. The highest BCUT2D eigenvalue weighted by Gasteiger charge is 2.18. The van der Waals surface area contributed by atoms with Gasteiger partial charge in [0.25, 0.3) is 0 Å². The van der Waals surface area contributed by atoms with Crippen LogP contribution in [0.25, 0.3) is 0 Å². The molecule has 2 aromatic rings. The maximum atomic E-state index is 6.01. The van der Waals surface area contributed by atoms with Gasteiger partial charge in [-0.05, 0) is 65.4 Å². The van der Waals surface area contributed by atoms with Gasteiger partial charge in [0.15, 0.2) is 0 Å². The predicted molar refractivity (Wildman–Crippen MR) is 80.4 cm³/mol. The van der Waals surface area contributed by atoms with Gasteiger partial charge >= 0.3 is 0 Å². The van der Waals surface area contributed by atoms with Crippen LogP contribution in [0.5, 0.6) is 5.75 Å². The number of rotatable bonds is 4. The van der Waals surface area contributed by atoms with Crippen molar-refractivity contribution in [2.24, 2.45) is 5.73 Å². The summed E-state index contributed by atoms with van der Waals surface area (Å²) in [7, 11) is 0. The Labute approximate surface area is 121 Å². The summed E-state index contributed by atoms with van der Waals surface area (Å²) in [6, 6.07) is 11.7. The zero-order valence-electron chi connectivity index (χ0n) is 10.1. The summed E-state index contributed by atoms with van der Waals surface area (Å²) < 4.78 is 7.13. The average molecular weight is 354 g/mol. The zero-order valence-corrected chi connectivity index (χ0v) is 12.2. The van der Waals surface area contributed by atoms with Gasteiger partial charge in [-0.3, -0.25) is 4.98 Å². The number of nitrogens with two attached hydrogens (primary N) is 1. The first-order chi connectivity index (χ1) is 8.66. The van der Waals surface area contributed by atoms with Gasteiger partial charge in [0.1, 0.15) is 11.9 Å². The number of nitrogens with zero attached hydrogens (tertiary/aromatic N) is 1. The molecule has 1 heterocycles. The fraction of sp³-hybridized carbons (Fsp3) is 0.214. The van der Waals surface area contributed by atoms with E-state index < -0.39 is 0 Å². The van der Waals surface area contributed by atoms with Gasteiger partial charge < -0.3 is 10.5 Å². The standard InChI is InChI=1S/C14H15IN2O/c1-10(16)14(11-5-7-17-8-6-11)18-13-4-2-3-12(15)9-13/h2-10,14H,16H2,1H3. The maximum Gasteiger partial charge on any atom is 0.139 e. The molecule has 0 radical (unpaired) electrons. The molecule has 0 aliphatic carbocycles. The van der Waals surface area contributed by atoms with Crippen LogP contribution in [-0.4, -0.2) is 11.0 Å². The summed E-state index contributed by atoms with van der Waals surface area (Å²) in [6.07, 6.45) is 3.34. The van der Waals surface area contributed by atoms with Crippen LogP contribution in [-0.2, 0) is 0 Å². The molecule has 3 nitrogen and oxygen atoms in total. The highest BCUT2D eigenvalue weighted by Crippen LogP contribution is 2.24. The van der Waals surface area contributed by atoms with E-state index in [0.29, 0.717) is 0 Å². The van der Waals surface area contributed by atoms with E-state index in [4.69, 9.17) is 10.5 Å². The molecule has 1 aromatic carbocycles. The quantitative estimate of drug-likeness (QED) is 0.859. The molecule has 2 atom stereocenters. The van der Waals surface area contributed by atoms with Gasteiger partial charge in [0.05, 0.1) is 0 Å². The average Bonchev–Trinajstić information content (AvgIpc) is 2.37. The fourth-order valence-corrected chi connectivity index (χ4v) is 2.23. The Morgan fingerprint density at radius 2 is 1.94 bits per heavy atom. The molecule has 0 saturated heterocycles. The van der Waals surface area contributed by atoms with Gasteiger partial charge in [-0.1, -0.05) is 6.07 Å². The third-order valence-electron chi connectivity index (χ3n) is 2.57. The second-order valence-electron chi connectivity index (χ2n) is 4.14. The number of hydrogen-bond acceptors (Lipinski definition) is 3. The summed E-state index contributed by atoms with van der Waals surface area (Å²) >= 11 is 2.26. The zero-order chi connectivity index (χ0) is 13.0. The van der Waals surface area contributed by atoms with Crippen molar-refractivity contribution in [2.75, 3.05) is 0 Å². The predicted octanol–water partition coefficient (Wildman–Crippen LogP) is 3.15. The molecule has 0 aliphatic heterocycles. The summed E-state index contributed by atoms with van der Waals surface area (Å²) in [6.45, 7) is 1.94. The van der Waals surface area contributed by atoms with E-state index in [-0.39, 0.29) is 12.1 Å². The van der Waals surface area contributed by atoms with Crippen molar-refractivity contribution in [3.63, 3.8) is 0 Å². The minimum absolute atomic E-state index is 0.0923. The highest BCUT2D eigenvalue weighted by molar-refractivity contribution is 14.1. The summed E-state index contributed by atoms with van der Waals surface area (Å²) in [5.41, 5.74) is 7.05. The molecule has 94 valence electrons. The highest BCUT2D eigenvalue weighted by atomic mass is 127. The maximum absolute atomic E-state index is 6.01. The molecule has 18 heavy (non-hydrogen) atoms. The first-order valence-corrected chi connectivity index (χ1v) is 6.82. The molecule has 0 fully saturated rings. The number of aromatic nitrogens is 1. The normalized spacial score (nSPS) is 13.9. The van der Waals surface area contributed by atoms with Crippen molar-refractivity contribution in [3.8, 4) is 5.75 Å². The lowest BCUT2D eigenvalue weighted by molar-refractivity contribution is 0.180. The largest absolute Gasteiger partial charge is 0.484 e. The van der Waals surface area contributed by atoms with E-state index in [1.165, 1.54) is 0 Å². The van der Waals surface area contributed by atoms with Crippen molar-refractivity contribution < 1.29 is 4.74 Å². The summed E-state index contributed by atoms with van der Waals surface area (Å²) in [4.78, 5) is 4.01. The lowest BCUT2D eigenvalue weighted by atomic mass is 10.1. The lowest BCUT2D eigenvalue weighted by Gasteiger charge is -2.22. The molecule has 2 rings (SSSR count). The van der Waals surface area contributed by atoms with E-state index in [9.17, 15) is 0 Å². The monoisotopic (exact) mass is 354 g/mol. The minimum Gasteiger partial charge on any atom is -0.484 e. The van der Waals surface area contributed by atoms with Crippen molar-refractivity contribution in [1.29, 1.82) is 0 Å². The smallest absolute Gasteiger partial charge is 0.139 e. The first kappa shape index (κ1) is 13.3. The second-order valence-corrected chi connectivity index (χ2v) is 5.38. The number of benzene rings is 1. The SMILES string of the molecule is CC(N)C(Oc1cccc(I)c1)c1ccncc1. The van der Waals surface area contributed by atoms with Crippen molar-refractivity contribution >= 4 is 22.6 Å². The van der Waals surface area contributed by atoms with Crippen LogP contribution in [0.1, 0.15) is 18.6 Å². The molecule has 2 N–H and O–H groups in total. The Kier molecular flexibility index (Phi) is 4.54. The van der Waals surface area contributed by atoms with E-state index in [2.05, 4.69) is 27.6 Å². The van der Waals surface area contributed by atoms with Gasteiger partial charge in [-0.25, -0.2) is 0 Å². The molecular formula is C14H15IN2O. The second kappa shape index (κ2) is 6.15. The third kappa shape index (κ3) is 3.43. The van der Waals surface area contributed by atoms with E-state index >= 15 is 0 Å². The van der Waals surface area contributed by atoms with Crippen LogP contribution in [0, 0.1) is 3.57 Å². The van der Waals surface area contributed by atoms with Gasteiger partial charge in [-0.15, -0.1) is 0 Å². The van der Waals surface area contributed by atoms with Crippen LogP contribution in [0.15, 0.2) is 48.8 Å². The molecule has 2 unspecified atom stereocenters. The Morgan fingerprint density at radius 1 is 1.22 bits per heavy atom. The Bertz CT molecular complexity index is 502. The molecule has 4 heteroatoms. The van der Waals surface area contributed by atoms with Gasteiger partial charge in [0, 0.05) is 22.0 Å². The van der Waals surface area contributed by atoms with Gasteiger partial charge in [0.2, 0.25) is 0 Å². The van der Waals surface area contributed by atoms with Crippen molar-refractivity contribution in [1.82, 2.24) is 4.98 Å². The molecule has 0 aliphatic rings.